The molecule has 0 aromatic heterocycles. The lowest BCUT2D eigenvalue weighted by Gasteiger charge is -2.34. The zero-order valence-electron chi connectivity index (χ0n) is 11.3. The third kappa shape index (κ3) is 3.46. The Balaban J connectivity index is 2.17. The van der Waals surface area contributed by atoms with E-state index in [0.29, 0.717) is 18.0 Å². The smallest absolute Gasteiger partial charge is 0.228 e. The second-order valence-corrected chi connectivity index (χ2v) is 8.17. The normalized spacial score (nSPS) is 19.9. The van der Waals surface area contributed by atoms with Crippen molar-refractivity contribution in [2.24, 2.45) is 0 Å². The number of hydrogen-bond donors (Lipinski definition) is 1. The van der Waals surface area contributed by atoms with E-state index < -0.39 is 15.2 Å². The molecule has 1 aromatic rings. The summed E-state index contributed by atoms with van der Waals surface area (Å²) >= 11 is 1.56. The molecule has 2 rings (SSSR count). The number of nitrogen functional groups attached to an aromatic ring is 1. The minimum atomic E-state index is -3.27. The van der Waals surface area contributed by atoms with Crippen LogP contribution in [-0.4, -0.2) is 48.9 Å². The molecule has 5 nitrogen and oxygen atoms in total. The van der Waals surface area contributed by atoms with Crippen molar-refractivity contribution < 1.29 is 13.2 Å². The molecule has 0 aliphatic carbocycles. The van der Waals surface area contributed by atoms with Crippen molar-refractivity contribution in [2.75, 3.05) is 30.0 Å². The highest BCUT2D eigenvalue weighted by atomic mass is 32.2. The van der Waals surface area contributed by atoms with Crippen molar-refractivity contribution >= 4 is 33.2 Å². The monoisotopic (exact) mass is 314 g/mol. The van der Waals surface area contributed by atoms with Crippen LogP contribution in [-0.2, 0) is 21.1 Å². The summed E-state index contributed by atoms with van der Waals surface area (Å²) < 4.78 is 23.6. The Morgan fingerprint density at radius 2 is 2.15 bits per heavy atom. The van der Waals surface area contributed by atoms with Crippen molar-refractivity contribution in [3.05, 3.63) is 29.8 Å². The number of carbonyl (C=O) groups is 1. The number of nitrogens with two attached hydrogens (primary N) is 1. The van der Waals surface area contributed by atoms with Gasteiger partial charge >= 0.3 is 0 Å². The van der Waals surface area contributed by atoms with Crippen LogP contribution < -0.4 is 5.73 Å². The Labute approximate surface area is 123 Å². The van der Waals surface area contributed by atoms with E-state index in [0.717, 1.165) is 11.3 Å². The van der Waals surface area contributed by atoms with Gasteiger partial charge in [0.1, 0.15) is 5.37 Å². The van der Waals surface area contributed by atoms with Gasteiger partial charge < -0.3 is 10.6 Å². The van der Waals surface area contributed by atoms with Crippen LogP contribution in [0.3, 0.4) is 0 Å². The first-order chi connectivity index (χ1) is 9.39. The summed E-state index contributed by atoms with van der Waals surface area (Å²) in [6.07, 6.45) is 1.32. The third-order valence-corrected chi connectivity index (χ3v) is 5.94. The first-order valence-electron chi connectivity index (χ1n) is 6.29. The highest BCUT2D eigenvalue weighted by Crippen LogP contribution is 2.22. The highest BCUT2D eigenvalue weighted by Gasteiger charge is 2.34. The lowest BCUT2D eigenvalue weighted by Crippen LogP contribution is -2.50. The third-order valence-electron chi connectivity index (χ3n) is 3.30. The summed E-state index contributed by atoms with van der Waals surface area (Å²) in [6, 6.07) is 7.16. The minimum absolute atomic E-state index is 0.142. The summed E-state index contributed by atoms with van der Waals surface area (Å²) in [7, 11) is -3.27. The minimum Gasteiger partial charge on any atom is -0.398 e. The molecule has 1 saturated heterocycles. The van der Waals surface area contributed by atoms with Crippen LogP contribution in [0, 0.1) is 0 Å². The van der Waals surface area contributed by atoms with Crippen LogP contribution in [0.1, 0.15) is 5.56 Å². The van der Waals surface area contributed by atoms with Crippen LogP contribution in [0.4, 0.5) is 5.69 Å². The topological polar surface area (TPSA) is 80.5 Å². The van der Waals surface area contributed by atoms with E-state index >= 15 is 0 Å². The second-order valence-electron chi connectivity index (χ2n) is 4.82. The summed E-state index contributed by atoms with van der Waals surface area (Å²) in [5, 5.41) is -0.723. The van der Waals surface area contributed by atoms with Crippen molar-refractivity contribution in [2.45, 2.75) is 11.8 Å². The maximum atomic E-state index is 12.4. The fourth-order valence-electron chi connectivity index (χ4n) is 2.18. The Hall–Kier alpha value is -1.21. The van der Waals surface area contributed by atoms with Crippen molar-refractivity contribution in [3.8, 4) is 0 Å². The quantitative estimate of drug-likeness (QED) is 0.833. The van der Waals surface area contributed by atoms with Crippen LogP contribution in [0.15, 0.2) is 24.3 Å². The van der Waals surface area contributed by atoms with Crippen LogP contribution in [0.5, 0.6) is 0 Å². The SMILES string of the molecule is CS(=O)(=O)C1CSCCN1C(=O)Cc1ccccc1N. The molecule has 1 atom stereocenters. The number of amides is 1. The first-order valence-corrected chi connectivity index (χ1v) is 9.40. The van der Waals surface area contributed by atoms with Gasteiger partial charge in [0.25, 0.3) is 0 Å². The van der Waals surface area contributed by atoms with Gasteiger partial charge in [0.05, 0.1) is 6.42 Å². The molecule has 1 aliphatic heterocycles. The maximum absolute atomic E-state index is 12.4. The molecule has 1 heterocycles. The van der Waals surface area contributed by atoms with E-state index in [1.54, 1.807) is 30.0 Å². The molecule has 1 aliphatic rings. The zero-order valence-corrected chi connectivity index (χ0v) is 12.9. The number of rotatable bonds is 3. The van der Waals surface area contributed by atoms with Gasteiger partial charge in [-0.15, -0.1) is 0 Å². The molecular weight excluding hydrogens is 296 g/mol. The predicted molar refractivity (Wildman–Crippen MR) is 82.2 cm³/mol. The average Bonchev–Trinajstić information content (AvgIpc) is 2.40. The largest absolute Gasteiger partial charge is 0.398 e. The van der Waals surface area contributed by atoms with Gasteiger partial charge in [-0.25, -0.2) is 8.42 Å². The van der Waals surface area contributed by atoms with E-state index in [9.17, 15) is 13.2 Å². The van der Waals surface area contributed by atoms with Crippen LogP contribution in [0.25, 0.3) is 0 Å². The molecule has 110 valence electrons. The number of sulfone groups is 1. The Morgan fingerprint density at radius 3 is 2.80 bits per heavy atom. The fraction of sp³-hybridized carbons (Fsp3) is 0.462. The number of nitrogens with zero attached hydrogens (tertiary/aromatic N) is 1. The van der Waals surface area contributed by atoms with Crippen molar-refractivity contribution in [3.63, 3.8) is 0 Å². The standard InChI is InChI=1S/C13H18N2O3S2/c1-20(17,18)13-9-19-7-6-15(13)12(16)8-10-4-2-3-5-11(10)14/h2-5,13H,6-9,14H2,1H3. The van der Waals surface area contributed by atoms with Gasteiger partial charge in [-0.2, -0.15) is 11.8 Å². The van der Waals surface area contributed by atoms with Gasteiger partial charge in [0, 0.05) is 30.0 Å². The van der Waals surface area contributed by atoms with E-state index in [1.165, 1.54) is 11.2 Å². The van der Waals surface area contributed by atoms with Gasteiger partial charge in [-0.05, 0) is 11.6 Å². The summed E-state index contributed by atoms with van der Waals surface area (Å²) in [5.74, 6) is 1.02. The Kier molecular flexibility index (Phi) is 4.59. The van der Waals surface area contributed by atoms with Gasteiger partial charge in [-0.1, -0.05) is 18.2 Å². The van der Waals surface area contributed by atoms with E-state index in [4.69, 9.17) is 5.73 Å². The number of para-hydroxylation sites is 1. The molecule has 20 heavy (non-hydrogen) atoms. The molecule has 1 amide bonds. The Bertz CT molecular complexity index is 601. The highest BCUT2D eigenvalue weighted by molar-refractivity contribution is 8.00. The molecular formula is C13H18N2O3S2. The maximum Gasteiger partial charge on any atom is 0.228 e. The molecule has 1 unspecified atom stereocenters. The van der Waals surface area contributed by atoms with E-state index in [2.05, 4.69) is 0 Å². The lowest BCUT2D eigenvalue weighted by molar-refractivity contribution is -0.130. The summed E-state index contributed by atoms with van der Waals surface area (Å²) in [4.78, 5) is 13.8. The van der Waals surface area contributed by atoms with Crippen LogP contribution in [0.2, 0.25) is 0 Å². The molecule has 2 N–H and O–H groups in total. The molecule has 0 spiro atoms. The fourth-order valence-corrected chi connectivity index (χ4v) is 5.02. The molecule has 0 bridgehead atoms. The molecule has 1 fully saturated rings. The molecule has 1 aromatic carbocycles. The van der Waals surface area contributed by atoms with Crippen LogP contribution >= 0.6 is 11.8 Å². The first kappa shape index (κ1) is 15.2. The number of anilines is 1. The Morgan fingerprint density at radius 1 is 1.45 bits per heavy atom. The van der Waals surface area contributed by atoms with Gasteiger partial charge in [0.2, 0.25) is 5.91 Å². The predicted octanol–water partition coefficient (Wildman–Crippen LogP) is 0.757. The van der Waals surface area contributed by atoms with Gasteiger partial charge in [-0.3, -0.25) is 4.79 Å². The summed E-state index contributed by atoms with van der Waals surface area (Å²) in [5.41, 5.74) is 7.12. The zero-order chi connectivity index (χ0) is 14.8. The number of carbonyl (C=O) groups excluding carboxylic acids is 1. The lowest BCUT2D eigenvalue weighted by atomic mass is 10.1. The molecule has 0 saturated carbocycles. The van der Waals surface area contributed by atoms with Crippen molar-refractivity contribution in [1.82, 2.24) is 4.90 Å². The molecule has 0 radical (unpaired) electrons. The number of thioether (sulfide) groups is 1. The molecule has 7 heteroatoms. The number of hydrogen-bond acceptors (Lipinski definition) is 5. The summed E-state index contributed by atoms with van der Waals surface area (Å²) in [6.45, 7) is 0.466. The van der Waals surface area contributed by atoms with Crippen molar-refractivity contribution in [1.29, 1.82) is 0 Å². The average molecular weight is 314 g/mol. The second kappa shape index (κ2) is 6.05. The van der Waals surface area contributed by atoms with E-state index in [-0.39, 0.29) is 12.3 Å². The van der Waals surface area contributed by atoms with Gasteiger partial charge in [0.15, 0.2) is 9.84 Å². The number of benzene rings is 1. The van der Waals surface area contributed by atoms with E-state index in [1.807, 2.05) is 6.07 Å².